The number of anilines is 1. The molecule has 0 atom stereocenters. The first-order valence-electron chi connectivity index (χ1n) is 9.28. The quantitative estimate of drug-likeness (QED) is 0.537. The topological polar surface area (TPSA) is 103 Å². The molecule has 0 radical (unpaired) electrons. The fourth-order valence-corrected chi connectivity index (χ4v) is 2.59. The number of nitrogens with two attached hydrogens (primary N) is 1. The van der Waals surface area contributed by atoms with Crippen molar-refractivity contribution in [1.82, 2.24) is 5.32 Å². The zero-order valence-corrected chi connectivity index (χ0v) is 16.3. The first-order chi connectivity index (χ1) is 13.5. The van der Waals surface area contributed by atoms with E-state index in [4.69, 9.17) is 15.2 Å². The van der Waals surface area contributed by atoms with E-state index in [1.54, 1.807) is 49.6 Å². The number of ether oxygens (including phenoxy) is 2. The minimum Gasteiger partial charge on any atom is -0.457 e. The standard InChI is InChI=1S/C21H27N3O4/c1-3-4-5-12-23-21(26)24-17-7-9-18(10-8-17)28-19-11-6-15(20(22)25)13-16(19)14-27-2/h6-11,13H,3-5,12,14H2,1-2H3,(H2,22,25)(H2,23,24,26). The van der Waals surface area contributed by atoms with Crippen molar-refractivity contribution >= 4 is 17.6 Å². The van der Waals surface area contributed by atoms with Crippen molar-refractivity contribution in [3.05, 3.63) is 53.6 Å². The van der Waals surface area contributed by atoms with Crippen LogP contribution >= 0.6 is 0 Å². The molecule has 7 heteroatoms. The van der Waals surface area contributed by atoms with Crippen LogP contribution in [0.25, 0.3) is 0 Å². The van der Waals surface area contributed by atoms with Crippen LogP contribution < -0.4 is 21.1 Å². The summed E-state index contributed by atoms with van der Waals surface area (Å²) in [5, 5.41) is 5.61. The Morgan fingerprint density at radius 2 is 1.82 bits per heavy atom. The largest absolute Gasteiger partial charge is 0.457 e. The van der Waals surface area contributed by atoms with Gasteiger partial charge in [0.25, 0.3) is 0 Å². The smallest absolute Gasteiger partial charge is 0.319 e. The zero-order valence-electron chi connectivity index (χ0n) is 16.3. The van der Waals surface area contributed by atoms with Gasteiger partial charge in [0, 0.05) is 30.5 Å². The van der Waals surface area contributed by atoms with Crippen LogP contribution in [0.4, 0.5) is 10.5 Å². The molecule has 2 rings (SSSR count). The second-order valence-corrected chi connectivity index (χ2v) is 6.33. The summed E-state index contributed by atoms with van der Waals surface area (Å²) in [6.45, 7) is 3.06. The van der Waals surface area contributed by atoms with Gasteiger partial charge in [0.15, 0.2) is 0 Å². The van der Waals surface area contributed by atoms with Crippen molar-refractivity contribution < 1.29 is 19.1 Å². The van der Waals surface area contributed by atoms with E-state index in [1.807, 2.05) is 0 Å². The number of carbonyl (C=O) groups is 2. The highest BCUT2D eigenvalue weighted by Gasteiger charge is 2.10. The Balaban J connectivity index is 1.98. The highest BCUT2D eigenvalue weighted by Crippen LogP contribution is 2.28. The molecule has 4 N–H and O–H groups in total. The van der Waals surface area contributed by atoms with E-state index in [0.29, 0.717) is 34.9 Å². The van der Waals surface area contributed by atoms with Crippen molar-refractivity contribution in [1.29, 1.82) is 0 Å². The number of hydrogen-bond acceptors (Lipinski definition) is 4. The van der Waals surface area contributed by atoms with Crippen molar-refractivity contribution in [3.63, 3.8) is 0 Å². The van der Waals surface area contributed by atoms with Gasteiger partial charge in [-0.1, -0.05) is 19.8 Å². The Morgan fingerprint density at radius 3 is 2.46 bits per heavy atom. The maximum absolute atomic E-state index is 11.8. The summed E-state index contributed by atoms with van der Waals surface area (Å²) in [4.78, 5) is 23.2. The number of urea groups is 1. The summed E-state index contributed by atoms with van der Waals surface area (Å²) in [5.74, 6) is 0.659. The van der Waals surface area contributed by atoms with E-state index in [1.165, 1.54) is 0 Å². The Labute approximate surface area is 165 Å². The molecule has 3 amide bonds. The van der Waals surface area contributed by atoms with Crippen LogP contribution in [0.3, 0.4) is 0 Å². The monoisotopic (exact) mass is 385 g/mol. The number of unbranched alkanes of at least 4 members (excludes halogenated alkanes) is 2. The third-order valence-electron chi connectivity index (χ3n) is 4.05. The van der Waals surface area contributed by atoms with Gasteiger partial charge in [0.1, 0.15) is 11.5 Å². The summed E-state index contributed by atoms with van der Waals surface area (Å²) in [6.07, 6.45) is 3.18. The molecule has 0 aromatic heterocycles. The third kappa shape index (κ3) is 6.59. The molecule has 0 heterocycles. The number of carbonyl (C=O) groups excluding carboxylic acids is 2. The van der Waals surface area contributed by atoms with Crippen molar-refractivity contribution in [2.24, 2.45) is 5.73 Å². The number of amides is 3. The van der Waals surface area contributed by atoms with Gasteiger partial charge >= 0.3 is 6.03 Å². The van der Waals surface area contributed by atoms with Crippen LogP contribution in [-0.2, 0) is 11.3 Å². The van der Waals surface area contributed by atoms with Crippen LogP contribution in [0.15, 0.2) is 42.5 Å². The Morgan fingerprint density at radius 1 is 1.07 bits per heavy atom. The number of benzene rings is 2. The molecule has 7 nitrogen and oxygen atoms in total. The maximum Gasteiger partial charge on any atom is 0.319 e. The van der Waals surface area contributed by atoms with E-state index < -0.39 is 5.91 Å². The summed E-state index contributed by atoms with van der Waals surface area (Å²) in [7, 11) is 1.56. The lowest BCUT2D eigenvalue weighted by Gasteiger charge is -2.13. The maximum atomic E-state index is 11.8. The first-order valence-corrected chi connectivity index (χ1v) is 9.28. The first kappa shape index (κ1) is 21.2. The van der Waals surface area contributed by atoms with E-state index >= 15 is 0 Å². The molecule has 0 spiro atoms. The van der Waals surface area contributed by atoms with Crippen LogP contribution in [0, 0.1) is 0 Å². The summed E-state index contributed by atoms with van der Waals surface area (Å²) < 4.78 is 11.1. The molecular weight excluding hydrogens is 358 g/mol. The van der Waals surface area contributed by atoms with Gasteiger partial charge < -0.3 is 25.8 Å². The molecule has 0 saturated heterocycles. The van der Waals surface area contributed by atoms with Gasteiger partial charge in [-0.3, -0.25) is 4.79 Å². The molecule has 0 aliphatic heterocycles. The molecule has 0 aliphatic carbocycles. The molecular formula is C21H27N3O4. The highest BCUT2D eigenvalue weighted by molar-refractivity contribution is 5.93. The lowest BCUT2D eigenvalue weighted by atomic mass is 10.1. The molecule has 2 aromatic carbocycles. The fourth-order valence-electron chi connectivity index (χ4n) is 2.59. The van der Waals surface area contributed by atoms with Gasteiger partial charge in [-0.05, 0) is 48.9 Å². The second-order valence-electron chi connectivity index (χ2n) is 6.33. The van der Waals surface area contributed by atoms with Gasteiger partial charge in [-0.15, -0.1) is 0 Å². The van der Waals surface area contributed by atoms with Crippen LogP contribution in [0.5, 0.6) is 11.5 Å². The Hall–Kier alpha value is -3.06. The minimum atomic E-state index is -0.507. The molecule has 0 fully saturated rings. The molecule has 28 heavy (non-hydrogen) atoms. The molecule has 0 saturated carbocycles. The van der Waals surface area contributed by atoms with Gasteiger partial charge in [0.05, 0.1) is 6.61 Å². The van der Waals surface area contributed by atoms with Crippen molar-refractivity contribution in [2.45, 2.75) is 32.8 Å². The average Bonchev–Trinajstić information content (AvgIpc) is 2.68. The van der Waals surface area contributed by atoms with Crippen LogP contribution in [0.1, 0.15) is 42.1 Å². The number of hydrogen-bond donors (Lipinski definition) is 3. The van der Waals surface area contributed by atoms with Crippen molar-refractivity contribution in [2.75, 3.05) is 19.0 Å². The van der Waals surface area contributed by atoms with E-state index in [2.05, 4.69) is 17.6 Å². The molecule has 0 bridgehead atoms. The number of nitrogens with one attached hydrogen (secondary N) is 2. The van der Waals surface area contributed by atoms with Crippen molar-refractivity contribution in [3.8, 4) is 11.5 Å². The fraction of sp³-hybridized carbons (Fsp3) is 0.333. The normalized spacial score (nSPS) is 10.4. The van der Waals surface area contributed by atoms with E-state index in [9.17, 15) is 9.59 Å². The lowest BCUT2D eigenvalue weighted by Crippen LogP contribution is -2.29. The average molecular weight is 385 g/mol. The van der Waals surface area contributed by atoms with E-state index in [-0.39, 0.29) is 12.6 Å². The molecule has 0 aliphatic rings. The third-order valence-corrected chi connectivity index (χ3v) is 4.05. The Bertz CT molecular complexity index is 791. The van der Waals surface area contributed by atoms with Gasteiger partial charge in [-0.25, -0.2) is 4.79 Å². The molecule has 150 valence electrons. The predicted octanol–water partition coefficient (Wildman–Crippen LogP) is 4.04. The highest BCUT2D eigenvalue weighted by atomic mass is 16.5. The van der Waals surface area contributed by atoms with Gasteiger partial charge in [0.2, 0.25) is 5.91 Å². The number of methoxy groups -OCH3 is 1. The minimum absolute atomic E-state index is 0.228. The van der Waals surface area contributed by atoms with Gasteiger partial charge in [-0.2, -0.15) is 0 Å². The zero-order chi connectivity index (χ0) is 20.4. The predicted molar refractivity (Wildman–Crippen MR) is 109 cm³/mol. The summed E-state index contributed by atoms with van der Waals surface area (Å²) in [5.41, 5.74) is 7.10. The second kappa shape index (κ2) is 10.9. The SMILES string of the molecule is CCCCCNC(=O)Nc1ccc(Oc2ccc(C(N)=O)cc2COC)cc1. The lowest BCUT2D eigenvalue weighted by molar-refractivity contribution is 0.1000. The summed E-state index contributed by atoms with van der Waals surface area (Å²) in [6, 6.07) is 11.7. The number of rotatable bonds is 10. The van der Waals surface area contributed by atoms with Crippen LogP contribution in [-0.4, -0.2) is 25.6 Å². The number of primary amides is 1. The van der Waals surface area contributed by atoms with E-state index in [0.717, 1.165) is 19.3 Å². The van der Waals surface area contributed by atoms with Crippen LogP contribution in [0.2, 0.25) is 0 Å². The summed E-state index contributed by atoms with van der Waals surface area (Å²) >= 11 is 0. The molecule has 2 aromatic rings. The molecule has 0 unspecified atom stereocenters. The Kier molecular flexibility index (Phi) is 8.30.